The molecule has 0 aliphatic rings. The molecule has 0 bridgehead atoms. The van der Waals surface area contributed by atoms with E-state index >= 15 is 0 Å². The summed E-state index contributed by atoms with van der Waals surface area (Å²) in [5.74, 6) is -0.446. The van der Waals surface area contributed by atoms with Crippen LogP contribution in [0.5, 0.6) is 0 Å². The van der Waals surface area contributed by atoms with Crippen molar-refractivity contribution in [2.24, 2.45) is 0 Å². The second-order valence-corrected chi connectivity index (χ2v) is 2.30. The Morgan fingerprint density at radius 2 is 1.92 bits per heavy atom. The highest BCUT2D eigenvalue weighted by molar-refractivity contribution is 6.26. The molecule has 0 saturated heterocycles. The first-order valence-electron chi connectivity index (χ1n) is 3.60. The normalized spacial score (nSPS) is 8.31. The van der Waals surface area contributed by atoms with Gasteiger partial charge in [0.2, 0.25) is 5.78 Å². The van der Waals surface area contributed by atoms with Crippen molar-refractivity contribution < 1.29 is 9.59 Å². The van der Waals surface area contributed by atoms with Crippen LogP contribution in [0.15, 0.2) is 30.3 Å². The van der Waals surface area contributed by atoms with Crippen LogP contribution in [0.25, 0.3) is 0 Å². The average Bonchev–Trinajstić information content (AvgIpc) is 2.16. The van der Waals surface area contributed by atoms with E-state index in [-0.39, 0.29) is 19.0 Å². The lowest BCUT2D eigenvalue weighted by atomic mass is 10.3. The Morgan fingerprint density at radius 1 is 1.31 bits per heavy atom. The van der Waals surface area contributed by atoms with Gasteiger partial charge in [-0.1, -0.05) is 18.2 Å². The van der Waals surface area contributed by atoms with E-state index in [9.17, 15) is 9.59 Å². The summed E-state index contributed by atoms with van der Waals surface area (Å²) in [6.07, 6.45) is 0.315. The summed E-state index contributed by atoms with van der Waals surface area (Å²) in [5, 5.41) is 2.81. The van der Waals surface area contributed by atoms with Gasteiger partial charge in [-0.3, -0.25) is 9.59 Å². The fourth-order valence-electron chi connectivity index (χ4n) is 0.787. The Balaban J connectivity index is 0.00000144. The first-order valence-corrected chi connectivity index (χ1v) is 3.60. The van der Waals surface area contributed by atoms with Gasteiger partial charge in [0.05, 0.1) is 6.54 Å². The summed E-state index contributed by atoms with van der Waals surface area (Å²) >= 11 is 0. The van der Waals surface area contributed by atoms with Gasteiger partial charge in [-0.15, -0.1) is 12.4 Å². The van der Waals surface area contributed by atoms with Crippen molar-refractivity contribution in [3.8, 4) is 0 Å². The van der Waals surface area contributed by atoms with Gasteiger partial charge in [-0.25, -0.2) is 0 Å². The fourth-order valence-corrected chi connectivity index (χ4v) is 0.787. The Hall–Kier alpha value is -1.35. The number of carbonyl (C=O) groups excluding carboxylic acids is 2. The number of nitrogens with one attached hydrogen (secondary N) is 1. The number of aldehydes is 1. The van der Waals surface area contributed by atoms with E-state index in [4.69, 9.17) is 0 Å². The maximum absolute atomic E-state index is 10.6. The maximum atomic E-state index is 10.6. The Kier molecular flexibility index (Phi) is 5.55. The minimum atomic E-state index is -0.446. The summed E-state index contributed by atoms with van der Waals surface area (Å²) < 4.78 is 0. The number of ketones is 1. The average molecular weight is 200 g/mol. The quantitative estimate of drug-likeness (QED) is 0.587. The van der Waals surface area contributed by atoms with Gasteiger partial charge in [0, 0.05) is 5.69 Å². The molecule has 3 nitrogen and oxygen atoms in total. The molecular weight excluding hydrogens is 190 g/mol. The van der Waals surface area contributed by atoms with Crippen molar-refractivity contribution in [3.63, 3.8) is 0 Å². The molecule has 1 N–H and O–H groups in total. The number of rotatable bonds is 4. The first-order chi connectivity index (χ1) is 5.83. The highest BCUT2D eigenvalue weighted by Crippen LogP contribution is 2.03. The standard InChI is InChI=1S/C9H9NO2.ClH/c11-7-9(12)6-10-8-4-2-1-3-5-8;/h1-5,7,10H,6H2;1H. The number of hydrogen-bond acceptors (Lipinski definition) is 3. The minimum Gasteiger partial charge on any atom is -0.377 e. The monoisotopic (exact) mass is 199 g/mol. The third-order valence-electron chi connectivity index (χ3n) is 1.37. The Bertz CT molecular complexity index is 274. The van der Waals surface area contributed by atoms with Crippen LogP contribution in [0.3, 0.4) is 0 Å². The zero-order valence-electron chi connectivity index (χ0n) is 6.90. The molecule has 0 aromatic heterocycles. The van der Waals surface area contributed by atoms with Gasteiger partial charge in [0.15, 0.2) is 6.29 Å². The van der Waals surface area contributed by atoms with Crippen LogP contribution in [0.1, 0.15) is 0 Å². The molecule has 1 aromatic rings. The zero-order chi connectivity index (χ0) is 8.81. The van der Waals surface area contributed by atoms with Crippen molar-refractivity contribution in [1.82, 2.24) is 0 Å². The van der Waals surface area contributed by atoms with Crippen molar-refractivity contribution in [1.29, 1.82) is 0 Å². The van der Waals surface area contributed by atoms with Crippen LogP contribution in [-0.4, -0.2) is 18.6 Å². The molecule has 1 rings (SSSR count). The van der Waals surface area contributed by atoms with Crippen LogP contribution in [0.2, 0.25) is 0 Å². The molecule has 0 heterocycles. The van der Waals surface area contributed by atoms with Gasteiger partial charge >= 0.3 is 0 Å². The second kappa shape index (κ2) is 6.20. The molecule has 0 aliphatic carbocycles. The molecule has 0 saturated carbocycles. The zero-order valence-corrected chi connectivity index (χ0v) is 7.71. The van der Waals surface area contributed by atoms with Gasteiger partial charge in [0.1, 0.15) is 0 Å². The summed E-state index contributed by atoms with van der Waals surface area (Å²) in [5.41, 5.74) is 0.840. The molecule has 1 aromatic carbocycles. The molecule has 13 heavy (non-hydrogen) atoms. The van der Waals surface area contributed by atoms with Gasteiger partial charge in [-0.2, -0.15) is 0 Å². The largest absolute Gasteiger partial charge is 0.377 e. The van der Waals surface area contributed by atoms with Crippen LogP contribution in [0.4, 0.5) is 5.69 Å². The molecule has 0 spiro atoms. The second-order valence-electron chi connectivity index (χ2n) is 2.30. The SMILES string of the molecule is Cl.O=CC(=O)CNc1ccccc1. The number of benzene rings is 1. The maximum Gasteiger partial charge on any atom is 0.214 e. The topological polar surface area (TPSA) is 46.2 Å². The molecule has 0 amide bonds. The molecule has 0 radical (unpaired) electrons. The van der Waals surface area contributed by atoms with E-state index in [0.717, 1.165) is 5.69 Å². The Morgan fingerprint density at radius 3 is 2.46 bits per heavy atom. The predicted molar refractivity (Wildman–Crippen MR) is 53.3 cm³/mol. The number of carbonyl (C=O) groups is 2. The fraction of sp³-hybridized carbons (Fsp3) is 0.111. The molecule has 70 valence electrons. The minimum absolute atomic E-state index is 0. The van der Waals surface area contributed by atoms with Gasteiger partial charge in [0.25, 0.3) is 0 Å². The van der Waals surface area contributed by atoms with E-state index in [1.165, 1.54) is 0 Å². The number of para-hydroxylation sites is 1. The lowest BCUT2D eigenvalue weighted by Crippen LogP contribution is -2.14. The first kappa shape index (κ1) is 11.6. The molecule has 4 heteroatoms. The van der Waals surface area contributed by atoms with Crippen LogP contribution >= 0.6 is 12.4 Å². The van der Waals surface area contributed by atoms with Crippen LogP contribution in [-0.2, 0) is 9.59 Å². The molecule has 0 atom stereocenters. The number of hydrogen-bond donors (Lipinski definition) is 1. The molecule has 0 fully saturated rings. The van der Waals surface area contributed by atoms with E-state index in [0.29, 0.717) is 6.29 Å². The molecular formula is C9H10ClNO2. The summed E-state index contributed by atoms with van der Waals surface area (Å²) in [6.45, 7) is 0.0630. The number of halogens is 1. The lowest BCUT2D eigenvalue weighted by Gasteiger charge is -2.00. The van der Waals surface area contributed by atoms with E-state index in [1.54, 1.807) is 0 Å². The molecule has 0 unspecified atom stereocenters. The van der Waals surface area contributed by atoms with Crippen molar-refractivity contribution in [2.75, 3.05) is 11.9 Å². The Labute approximate surface area is 82.6 Å². The van der Waals surface area contributed by atoms with Crippen LogP contribution < -0.4 is 5.32 Å². The summed E-state index contributed by atoms with van der Waals surface area (Å²) in [6, 6.07) is 9.25. The highest BCUT2D eigenvalue weighted by Gasteiger charge is 1.96. The van der Waals surface area contributed by atoms with Crippen molar-refractivity contribution in [2.45, 2.75) is 0 Å². The third kappa shape index (κ3) is 4.28. The summed E-state index contributed by atoms with van der Waals surface area (Å²) in [7, 11) is 0. The van der Waals surface area contributed by atoms with Crippen LogP contribution in [0, 0.1) is 0 Å². The number of anilines is 1. The van der Waals surface area contributed by atoms with E-state index in [2.05, 4.69) is 5.32 Å². The van der Waals surface area contributed by atoms with Crippen molar-refractivity contribution >= 4 is 30.2 Å². The predicted octanol–water partition coefficient (Wildman–Crippen LogP) is 1.29. The van der Waals surface area contributed by atoms with Crippen molar-refractivity contribution in [3.05, 3.63) is 30.3 Å². The smallest absolute Gasteiger partial charge is 0.214 e. The van der Waals surface area contributed by atoms with Gasteiger partial charge < -0.3 is 5.32 Å². The lowest BCUT2D eigenvalue weighted by molar-refractivity contribution is -0.128. The van der Waals surface area contributed by atoms with E-state index in [1.807, 2.05) is 30.3 Å². The summed E-state index contributed by atoms with van der Waals surface area (Å²) in [4.78, 5) is 20.5. The highest BCUT2D eigenvalue weighted by atomic mass is 35.5. The van der Waals surface area contributed by atoms with E-state index < -0.39 is 5.78 Å². The third-order valence-corrected chi connectivity index (χ3v) is 1.37. The van der Waals surface area contributed by atoms with Gasteiger partial charge in [-0.05, 0) is 12.1 Å². The number of Topliss-reactive ketones (excluding diaryl/α,β-unsaturated/α-hetero) is 1. The molecule has 0 aliphatic heterocycles.